The molecule has 160 valence electrons. The van der Waals surface area contributed by atoms with Crippen molar-refractivity contribution in [2.75, 3.05) is 24.6 Å². The van der Waals surface area contributed by atoms with E-state index in [4.69, 9.17) is 4.98 Å². The van der Waals surface area contributed by atoms with E-state index in [2.05, 4.69) is 30.5 Å². The Morgan fingerprint density at radius 3 is 2.52 bits per heavy atom. The molecular formula is C20H30N4O3S2. The van der Waals surface area contributed by atoms with Crippen LogP contribution < -0.4 is 5.32 Å². The molecule has 0 radical (unpaired) electrons. The molecule has 2 saturated heterocycles. The third kappa shape index (κ3) is 3.96. The van der Waals surface area contributed by atoms with Gasteiger partial charge in [-0.2, -0.15) is 0 Å². The van der Waals surface area contributed by atoms with Gasteiger partial charge in [0.25, 0.3) is 0 Å². The van der Waals surface area contributed by atoms with Crippen molar-refractivity contribution in [3.8, 4) is 0 Å². The average Bonchev–Trinajstić information content (AvgIpc) is 3.28. The zero-order valence-electron chi connectivity index (χ0n) is 17.6. The normalized spacial score (nSPS) is 23.7. The third-order valence-electron chi connectivity index (χ3n) is 6.40. The van der Waals surface area contributed by atoms with Crippen LogP contribution in [0.3, 0.4) is 0 Å². The summed E-state index contributed by atoms with van der Waals surface area (Å²) in [6, 6.07) is -0.461. The number of thiazole rings is 1. The molecule has 2 aromatic heterocycles. The molecular weight excluding hydrogens is 408 g/mol. The van der Waals surface area contributed by atoms with E-state index in [1.807, 2.05) is 23.2 Å². The van der Waals surface area contributed by atoms with E-state index in [0.717, 1.165) is 31.8 Å². The van der Waals surface area contributed by atoms with Gasteiger partial charge in [-0.1, -0.05) is 0 Å². The molecule has 1 amide bonds. The first-order valence-electron chi connectivity index (χ1n) is 10.4. The van der Waals surface area contributed by atoms with Crippen LogP contribution in [0.15, 0.2) is 0 Å². The molecule has 29 heavy (non-hydrogen) atoms. The summed E-state index contributed by atoms with van der Waals surface area (Å²) in [6.07, 6.45) is 2.42. The molecule has 4 heterocycles. The summed E-state index contributed by atoms with van der Waals surface area (Å²) in [6.45, 7) is 9.65. The van der Waals surface area contributed by atoms with E-state index in [1.54, 1.807) is 0 Å². The largest absolute Gasteiger partial charge is 0.341 e. The van der Waals surface area contributed by atoms with Gasteiger partial charge in [-0.3, -0.25) is 9.20 Å². The highest BCUT2D eigenvalue weighted by atomic mass is 32.2. The van der Waals surface area contributed by atoms with Crippen LogP contribution in [0.5, 0.6) is 0 Å². The number of sulfone groups is 1. The van der Waals surface area contributed by atoms with Crippen LogP contribution in [0.1, 0.15) is 54.2 Å². The molecule has 0 bridgehead atoms. The minimum absolute atomic E-state index is 0.0710. The van der Waals surface area contributed by atoms with Gasteiger partial charge in [0.1, 0.15) is 10.7 Å². The topological polar surface area (TPSA) is 83.8 Å². The number of aromatic nitrogens is 2. The third-order valence-corrected chi connectivity index (χ3v) is 9.36. The van der Waals surface area contributed by atoms with Crippen molar-refractivity contribution in [3.05, 3.63) is 22.1 Å². The molecule has 7 nitrogen and oxygen atoms in total. The van der Waals surface area contributed by atoms with Crippen molar-refractivity contribution in [3.63, 3.8) is 0 Å². The Morgan fingerprint density at radius 2 is 1.90 bits per heavy atom. The smallest absolute Gasteiger partial charge is 0.239 e. The molecule has 0 aromatic carbocycles. The first kappa shape index (κ1) is 20.8. The van der Waals surface area contributed by atoms with Gasteiger partial charge in [0, 0.05) is 35.6 Å². The van der Waals surface area contributed by atoms with Crippen molar-refractivity contribution >= 4 is 31.9 Å². The van der Waals surface area contributed by atoms with Crippen LogP contribution >= 0.6 is 11.3 Å². The summed E-state index contributed by atoms with van der Waals surface area (Å²) in [7, 11) is -2.94. The predicted octanol–water partition coefficient (Wildman–Crippen LogP) is 2.19. The number of imidazole rings is 1. The van der Waals surface area contributed by atoms with E-state index in [1.165, 1.54) is 21.1 Å². The molecule has 2 atom stereocenters. The lowest BCUT2D eigenvalue weighted by Crippen LogP contribution is -2.50. The number of carbonyl (C=O) groups excluding carboxylic acids is 1. The second-order valence-electron chi connectivity index (χ2n) is 8.52. The lowest BCUT2D eigenvalue weighted by molar-refractivity contribution is -0.134. The summed E-state index contributed by atoms with van der Waals surface area (Å²) in [4.78, 5) is 22.2. The number of likely N-dealkylation sites (tertiary alicyclic amines) is 1. The van der Waals surface area contributed by atoms with Gasteiger partial charge in [0.2, 0.25) is 5.91 Å². The summed E-state index contributed by atoms with van der Waals surface area (Å²) in [5, 5.41) is 3.23. The van der Waals surface area contributed by atoms with Crippen LogP contribution in [0.2, 0.25) is 0 Å². The van der Waals surface area contributed by atoms with Crippen molar-refractivity contribution in [1.29, 1.82) is 0 Å². The second-order valence-corrected chi connectivity index (χ2v) is 11.9. The SMILES string of the molecule is Cc1sc2c(C3CCN(C(=O)[C@H](C)N[C@@H]4CCS(=O)(=O)C4)CC3)nc(C)n2c1C. The fourth-order valence-corrected chi connectivity index (χ4v) is 7.56. The zero-order chi connectivity index (χ0) is 20.9. The van der Waals surface area contributed by atoms with Gasteiger partial charge in [-0.15, -0.1) is 11.3 Å². The first-order valence-corrected chi connectivity index (χ1v) is 13.0. The number of hydrogen-bond donors (Lipinski definition) is 1. The maximum Gasteiger partial charge on any atom is 0.239 e. The van der Waals surface area contributed by atoms with Gasteiger partial charge < -0.3 is 10.2 Å². The number of aryl methyl sites for hydroxylation is 3. The Morgan fingerprint density at radius 1 is 1.21 bits per heavy atom. The van der Waals surface area contributed by atoms with Crippen molar-refractivity contribution < 1.29 is 13.2 Å². The van der Waals surface area contributed by atoms with Crippen molar-refractivity contribution in [2.24, 2.45) is 0 Å². The lowest BCUT2D eigenvalue weighted by Gasteiger charge is -2.33. The van der Waals surface area contributed by atoms with Gasteiger partial charge in [-0.25, -0.2) is 13.4 Å². The van der Waals surface area contributed by atoms with Gasteiger partial charge in [0.05, 0.1) is 23.2 Å². The highest BCUT2D eigenvalue weighted by molar-refractivity contribution is 7.91. The second kappa shape index (κ2) is 7.67. The average molecular weight is 439 g/mol. The Hall–Kier alpha value is -1.45. The minimum atomic E-state index is -2.94. The fraction of sp³-hybridized carbons (Fsp3) is 0.700. The first-order chi connectivity index (χ1) is 13.7. The summed E-state index contributed by atoms with van der Waals surface area (Å²) in [5.74, 6) is 1.85. The minimum Gasteiger partial charge on any atom is -0.341 e. The molecule has 2 aromatic rings. The van der Waals surface area contributed by atoms with Crippen LogP contribution in [0.4, 0.5) is 0 Å². The number of piperidine rings is 1. The molecule has 9 heteroatoms. The Balaban J connectivity index is 1.38. The highest BCUT2D eigenvalue weighted by Gasteiger charge is 2.33. The Labute approximate surface area is 176 Å². The van der Waals surface area contributed by atoms with E-state index < -0.39 is 9.84 Å². The van der Waals surface area contributed by atoms with Crippen LogP contribution in [0, 0.1) is 20.8 Å². The molecule has 0 spiro atoms. The number of nitrogens with zero attached hydrogens (tertiary/aromatic N) is 3. The fourth-order valence-electron chi connectivity index (χ4n) is 4.67. The zero-order valence-corrected chi connectivity index (χ0v) is 19.2. The predicted molar refractivity (Wildman–Crippen MR) is 115 cm³/mol. The number of nitrogens with one attached hydrogen (secondary N) is 1. The summed E-state index contributed by atoms with van der Waals surface area (Å²) in [5.41, 5.74) is 2.45. The van der Waals surface area contributed by atoms with Crippen molar-refractivity contribution in [1.82, 2.24) is 19.6 Å². The van der Waals surface area contributed by atoms with E-state index >= 15 is 0 Å². The molecule has 0 saturated carbocycles. The van der Waals surface area contributed by atoms with E-state index in [-0.39, 0.29) is 29.5 Å². The number of hydrogen-bond acceptors (Lipinski definition) is 6. The van der Waals surface area contributed by atoms with Crippen molar-refractivity contribution in [2.45, 2.75) is 65.0 Å². The van der Waals surface area contributed by atoms with Crippen LogP contribution in [0.25, 0.3) is 4.83 Å². The molecule has 2 aliphatic rings. The van der Waals surface area contributed by atoms with E-state index in [9.17, 15) is 13.2 Å². The molecule has 2 fully saturated rings. The molecule has 1 N–H and O–H groups in total. The maximum absolute atomic E-state index is 12.9. The maximum atomic E-state index is 12.9. The highest BCUT2D eigenvalue weighted by Crippen LogP contribution is 2.35. The van der Waals surface area contributed by atoms with Crippen LogP contribution in [-0.4, -0.2) is 65.3 Å². The summed E-state index contributed by atoms with van der Waals surface area (Å²) >= 11 is 1.81. The van der Waals surface area contributed by atoms with Gasteiger partial charge in [0.15, 0.2) is 9.84 Å². The Bertz CT molecular complexity index is 1030. The van der Waals surface area contributed by atoms with E-state index in [0.29, 0.717) is 12.3 Å². The van der Waals surface area contributed by atoms with Gasteiger partial charge >= 0.3 is 0 Å². The molecule has 4 rings (SSSR count). The number of carbonyl (C=O) groups is 1. The molecule has 0 unspecified atom stereocenters. The van der Waals surface area contributed by atoms with Crippen LogP contribution in [-0.2, 0) is 14.6 Å². The number of fused-ring (bicyclic) bond motifs is 1. The lowest BCUT2D eigenvalue weighted by atomic mass is 9.93. The molecule has 2 aliphatic heterocycles. The monoisotopic (exact) mass is 438 g/mol. The molecule has 0 aliphatic carbocycles. The quantitative estimate of drug-likeness (QED) is 0.791. The number of rotatable bonds is 4. The summed E-state index contributed by atoms with van der Waals surface area (Å²) < 4.78 is 25.5. The standard InChI is InChI=1S/C20H30N4O3S2/c1-12(21-17-7-10-29(26,27)11-17)19(25)23-8-5-16(6-9-23)18-20-24(15(4)22-18)13(2)14(3)28-20/h12,16-17,21H,5-11H2,1-4H3/t12-,17+/m0/s1. The van der Waals surface area contributed by atoms with Gasteiger partial charge in [-0.05, 0) is 47.0 Å². The Kier molecular flexibility index (Phi) is 5.50. The number of amides is 1.